The minimum Gasteiger partial charge on any atom is -0.493 e. The number of hydrogen-bond acceptors (Lipinski definition) is 9. The van der Waals surface area contributed by atoms with Crippen molar-refractivity contribution in [3.63, 3.8) is 0 Å². The van der Waals surface area contributed by atoms with E-state index in [4.69, 9.17) is 23.7 Å². The lowest BCUT2D eigenvalue weighted by molar-refractivity contribution is -0.153. The number of alkyl halides is 3. The highest BCUT2D eigenvalue weighted by Gasteiger charge is 2.30. The summed E-state index contributed by atoms with van der Waals surface area (Å²) in [6.45, 7) is -1.000. The van der Waals surface area contributed by atoms with Crippen molar-refractivity contribution in [1.29, 1.82) is 0 Å². The van der Waals surface area contributed by atoms with Gasteiger partial charge in [0.05, 0.1) is 57.1 Å². The Labute approximate surface area is 232 Å². The van der Waals surface area contributed by atoms with Gasteiger partial charge in [0, 0.05) is 23.7 Å². The van der Waals surface area contributed by atoms with Gasteiger partial charge in [-0.25, -0.2) is 4.98 Å². The Morgan fingerprint density at radius 1 is 1.05 bits per heavy atom. The third-order valence-corrected chi connectivity index (χ3v) is 5.95. The number of halogens is 3. The third-order valence-electron chi connectivity index (χ3n) is 5.95. The lowest BCUT2D eigenvalue weighted by atomic mass is 10.2. The second-order valence-corrected chi connectivity index (χ2v) is 9.05. The van der Waals surface area contributed by atoms with Crippen LogP contribution in [0.15, 0.2) is 48.9 Å². The number of pyridine rings is 2. The van der Waals surface area contributed by atoms with E-state index in [2.05, 4.69) is 20.4 Å². The summed E-state index contributed by atoms with van der Waals surface area (Å²) < 4.78 is 66.7. The van der Waals surface area contributed by atoms with Gasteiger partial charge in [-0.05, 0) is 31.0 Å². The number of aromatic nitrogens is 4. The number of methoxy groups -OCH3 is 2. The Kier molecular flexibility index (Phi) is 8.10. The third kappa shape index (κ3) is 7.14. The Morgan fingerprint density at radius 3 is 2.51 bits per heavy atom. The van der Waals surface area contributed by atoms with Crippen molar-refractivity contribution in [2.45, 2.75) is 31.7 Å². The monoisotopic (exact) mass is 573 g/mol. The van der Waals surface area contributed by atoms with Crippen molar-refractivity contribution in [2.24, 2.45) is 0 Å². The quantitative estimate of drug-likeness (QED) is 0.250. The van der Waals surface area contributed by atoms with E-state index in [1.54, 1.807) is 24.4 Å². The van der Waals surface area contributed by atoms with Crippen molar-refractivity contribution in [1.82, 2.24) is 19.7 Å². The van der Waals surface area contributed by atoms with Crippen LogP contribution < -0.4 is 24.3 Å². The number of rotatable bonds is 12. The molecule has 1 aliphatic rings. The molecule has 0 bridgehead atoms. The molecule has 0 unspecified atom stereocenters. The van der Waals surface area contributed by atoms with Gasteiger partial charge in [0.1, 0.15) is 5.75 Å². The van der Waals surface area contributed by atoms with E-state index in [1.165, 1.54) is 43.4 Å². The highest BCUT2D eigenvalue weighted by molar-refractivity contribution is 6.04. The van der Waals surface area contributed by atoms with E-state index in [0.717, 1.165) is 12.8 Å². The first-order valence-electron chi connectivity index (χ1n) is 12.6. The van der Waals surface area contributed by atoms with Crippen LogP contribution in [-0.4, -0.2) is 65.4 Å². The molecule has 216 valence electrons. The molecular weight excluding hydrogens is 547 g/mol. The summed E-state index contributed by atoms with van der Waals surface area (Å²) in [6.07, 6.45) is 1.75. The fourth-order valence-electron chi connectivity index (χ4n) is 3.84. The first kappa shape index (κ1) is 28.0. The maximum Gasteiger partial charge on any atom is 0.422 e. The van der Waals surface area contributed by atoms with E-state index in [9.17, 15) is 18.0 Å². The van der Waals surface area contributed by atoms with Crippen molar-refractivity contribution in [3.8, 4) is 28.9 Å². The molecule has 1 N–H and O–H groups in total. The van der Waals surface area contributed by atoms with E-state index < -0.39 is 18.7 Å². The Morgan fingerprint density at radius 2 is 1.83 bits per heavy atom. The predicted molar refractivity (Wildman–Crippen MR) is 140 cm³/mol. The minimum atomic E-state index is -4.58. The number of nitrogens with zero attached hydrogens (tertiary/aromatic N) is 4. The molecule has 0 atom stereocenters. The highest BCUT2D eigenvalue weighted by Crippen LogP contribution is 2.36. The topological polar surface area (TPSA) is 119 Å². The van der Waals surface area contributed by atoms with Gasteiger partial charge in [-0.2, -0.15) is 18.3 Å². The average Bonchev–Trinajstić information content (AvgIpc) is 3.69. The molecule has 1 fully saturated rings. The summed E-state index contributed by atoms with van der Waals surface area (Å²) in [5, 5.41) is 7.35. The van der Waals surface area contributed by atoms with Crippen LogP contribution in [0.3, 0.4) is 0 Å². The van der Waals surface area contributed by atoms with Crippen LogP contribution in [0.2, 0.25) is 0 Å². The maximum absolute atomic E-state index is 12.9. The zero-order valence-electron chi connectivity index (χ0n) is 22.1. The number of carbonyl (C=O) groups is 1. The van der Waals surface area contributed by atoms with Crippen molar-refractivity contribution >= 4 is 22.5 Å². The molecule has 4 aromatic rings. The molecule has 14 heteroatoms. The van der Waals surface area contributed by atoms with Crippen LogP contribution in [0, 0.1) is 0 Å². The fraction of sp³-hybridized carbons (Fsp3) is 0.333. The number of hydrogen-bond donors (Lipinski definition) is 1. The lowest BCUT2D eigenvalue weighted by Gasteiger charge is -2.12. The molecular formula is C27H26F3N5O6. The molecule has 1 amide bonds. The summed E-state index contributed by atoms with van der Waals surface area (Å²) in [5.74, 6) is 0.644. The molecule has 1 saturated carbocycles. The van der Waals surface area contributed by atoms with Gasteiger partial charge in [-0.3, -0.25) is 14.5 Å². The molecule has 11 nitrogen and oxygen atoms in total. The number of fused-ring (bicyclic) bond motifs is 1. The summed E-state index contributed by atoms with van der Waals surface area (Å²) in [6, 6.07) is 8.18. The summed E-state index contributed by atoms with van der Waals surface area (Å²) in [4.78, 5) is 21.5. The number of ether oxygens (including phenoxy) is 5. The number of anilines is 1. The molecule has 1 aliphatic carbocycles. The van der Waals surface area contributed by atoms with E-state index >= 15 is 0 Å². The van der Waals surface area contributed by atoms with Crippen LogP contribution in [0.1, 0.15) is 23.3 Å². The summed E-state index contributed by atoms with van der Waals surface area (Å²) >= 11 is 0. The minimum absolute atomic E-state index is 0.206. The largest absolute Gasteiger partial charge is 0.493 e. The van der Waals surface area contributed by atoms with Gasteiger partial charge in [0.2, 0.25) is 5.88 Å². The number of nitrogens with one attached hydrogen (secondary N) is 1. The molecule has 0 spiro atoms. The number of benzene rings is 1. The van der Waals surface area contributed by atoms with Crippen molar-refractivity contribution in [3.05, 3.63) is 54.6 Å². The maximum atomic E-state index is 12.9. The van der Waals surface area contributed by atoms with E-state index in [1.807, 2.05) is 0 Å². The molecule has 41 heavy (non-hydrogen) atoms. The lowest BCUT2D eigenvalue weighted by Crippen LogP contribution is -2.21. The predicted octanol–water partition coefficient (Wildman–Crippen LogP) is 5.01. The number of amides is 1. The standard InChI is InChI=1S/C27H26F3N5O6/c1-37-21-11-18-19(12-22(21)38-2)31-8-7-20(18)41-24-6-3-16(13-32-24)33-26(36)25-23(40-15-27(28,29)30)14-35(34-25)9-10-39-17-4-5-17/h3,6-8,11-14,17H,4-5,9-10,15H2,1-2H3,(H,33,36). The molecule has 3 aromatic heterocycles. The van der Waals surface area contributed by atoms with Crippen LogP contribution >= 0.6 is 0 Å². The van der Waals surface area contributed by atoms with Gasteiger partial charge in [0.25, 0.3) is 5.91 Å². The van der Waals surface area contributed by atoms with Gasteiger partial charge in [-0.15, -0.1) is 0 Å². The molecule has 0 saturated heterocycles. The van der Waals surface area contributed by atoms with Gasteiger partial charge in [0.15, 0.2) is 29.5 Å². The van der Waals surface area contributed by atoms with E-state index in [0.29, 0.717) is 34.8 Å². The molecule has 3 heterocycles. The average molecular weight is 574 g/mol. The smallest absolute Gasteiger partial charge is 0.422 e. The second-order valence-electron chi connectivity index (χ2n) is 9.05. The first-order valence-corrected chi connectivity index (χ1v) is 12.6. The van der Waals surface area contributed by atoms with Gasteiger partial charge in [-0.1, -0.05) is 0 Å². The second kappa shape index (κ2) is 11.9. The van der Waals surface area contributed by atoms with Crippen LogP contribution in [0.5, 0.6) is 28.9 Å². The Hall–Kier alpha value is -4.59. The summed E-state index contributed by atoms with van der Waals surface area (Å²) in [5.41, 5.74) is 0.585. The SMILES string of the molecule is COc1cc2nccc(Oc3ccc(NC(=O)c4nn(CCOC5CC5)cc4OCC(F)(F)F)cn3)c2cc1OC. The highest BCUT2D eigenvalue weighted by atomic mass is 19.4. The molecule has 0 radical (unpaired) electrons. The first-order chi connectivity index (χ1) is 19.7. The normalized spacial score (nSPS) is 13.2. The van der Waals surface area contributed by atoms with Gasteiger partial charge < -0.3 is 29.0 Å². The van der Waals surface area contributed by atoms with Crippen LogP contribution in [0.4, 0.5) is 18.9 Å². The van der Waals surface area contributed by atoms with Gasteiger partial charge >= 0.3 is 6.18 Å². The fourth-order valence-corrected chi connectivity index (χ4v) is 3.84. The molecule has 5 rings (SSSR count). The van der Waals surface area contributed by atoms with Crippen LogP contribution in [0.25, 0.3) is 10.9 Å². The van der Waals surface area contributed by atoms with Crippen molar-refractivity contribution < 1.29 is 41.7 Å². The van der Waals surface area contributed by atoms with Crippen LogP contribution in [-0.2, 0) is 11.3 Å². The van der Waals surface area contributed by atoms with E-state index in [-0.39, 0.29) is 35.7 Å². The zero-order valence-corrected chi connectivity index (χ0v) is 22.1. The molecule has 0 aliphatic heterocycles. The Balaban J connectivity index is 1.28. The summed E-state index contributed by atoms with van der Waals surface area (Å²) in [7, 11) is 3.05. The Bertz CT molecular complexity index is 1520. The number of carbonyl (C=O) groups excluding carboxylic acids is 1. The molecule has 1 aromatic carbocycles. The van der Waals surface area contributed by atoms with Crippen molar-refractivity contribution in [2.75, 3.05) is 32.8 Å². The zero-order chi connectivity index (χ0) is 29.0.